The predicted octanol–water partition coefficient (Wildman–Crippen LogP) is 4.78. The van der Waals surface area contributed by atoms with E-state index in [2.05, 4.69) is 54.6 Å². The molecule has 0 N–H and O–H groups in total. The van der Waals surface area contributed by atoms with Gasteiger partial charge in [-0.1, -0.05) is 34.6 Å². The van der Waals surface area contributed by atoms with Gasteiger partial charge in [-0.2, -0.15) is 0 Å². The Morgan fingerprint density at radius 2 is 1.84 bits per heavy atom. The van der Waals surface area contributed by atoms with Crippen molar-refractivity contribution in [3.63, 3.8) is 0 Å². The zero-order valence-electron chi connectivity index (χ0n) is 20.8. The van der Waals surface area contributed by atoms with Crippen LogP contribution in [0.4, 0.5) is 0 Å². The molecule has 0 spiro atoms. The Morgan fingerprint density at radius 3 is 2.42 bits per heavy atom. The van der Waals surface area contributed by atoms with E-state index in [0.717, 1.165) is 6.42 Å². The summed E-state index contributed by atoms with van der Waals surface area (Å²) in [5.41, 5.74) is 0.0497. The molecule has 176 valence electrons. The van der Waals surface area contributed by atoms with Gasteiger partial charge in [-0.25, -0.2) is 0 Å². The molecule has 8 heteroatoms. The largest absolute Gasteiger partial charge is 0.463 e. The Hall–Kier alpha value is -0.408. The van der Waals surface area contributed by atoms with Gasteiger partial charge in [-0.3, -0.25) is 4.79 Å². The third-order valence-electron chi connectivity index (χ3n) is 9.30. The minimum Gasteiger partial charge on any atom is -0.436 e. The van der Waals surface area contributed by atoms with E-state index in [1.807, 2.05) is 0 Å². The van der Waals surface area contributed by atoms with Gasteiger partial charge in [0.2, 0.25) is 6.29 Å². The van der Waals surface area contributed by atoms with E-state index >= 15 is 0 Å². The average Bonchev–Trinajstić information content (AvgIpc) is 3.17. The van der Waals surface area contributed by atoms with E-state index in [-0.39, 0.29) is 41.8 Å². The molecule has 2 heterocycles. The van der Waals surface area contributed by atoms with Crippen LogP contribution < -0.4 is 0 Å². The standard InChI is InChI=1S/C23H41BO6Si/c1-14(25)27-20-12-16(17(28-20)13-26-31(8,9)21(2,3)4)24-29-19-11-15-10-18(22(15,5)6)23(19,7)30-24/h15-20H,10-13H2,1-9H3/t15?,16-,17+,18?,19?,20?,23-/m0/s1. The van der Waals surface area contributed by atoms with Crippen molar-refractivity contribution in [2.45, 2.75) is 116 Å². The first-order chi connectivity index (χ1) is 14.1. The molecule has 0 radical (unpaired) electrons. The third-order valence-corrected chi connectivity index (χ3v) is 13.8. The van der Waals surface area contributed by atoms with Crippen LogP contribution in [0.2, 0.25) is 23.9 Å². The van der Waals surface area contributed by atoms with Crippen LogP contribution in [-0.2, 0) is 28.0 Å². The van der Waals surface area contributed by atoms with E-state index in [9.17, 15) is 4.79 Å². The number of carbonyl (C=O) groups excluding carboxylic acids is 1. The fraction of sp³-hybridized carbons (Fsp3) is 0.957. The second kappa shape index (κ2) is 7.55. The highest BCUT2D eigenvalue weighted by Crippen LogP contribution is 2.66. The second-order valence-corrected chi connectivity index (χ2v) is 17.3. The van der Waals surface area contributed by atoms with Gasteiger partial charge in [-0.05, 0) is 55.1 Å². The Kier molecular flexibility index (Phi) is 5.78. The first-order valence-corrected chi connectivity index (χ1v) is 14.9. The number of hydrogen-bond donors (Lipinski definition) is 0. The van der Waals surface area contributed by atoms with Crippen LogP contribution in [0.25, 0.3) is 0 Å². The van der Waals surface area contributed by atoms with Crippen molar-refractivity contribution in [3.8, 4) is 0 Å². The van der Waals surface area contributed by atoms with Crippen LogP contribution in [0.1, 0.15) is 67.7 Å². The van der Waals surface area contributed by atoms with Crippen LogP contribution in [0.5, 0.6) is 0 Å². The summed E-state index contributed by atoms with van der Waals surface area (Å²) in [5.74, 6) is 0.884. The fourth-order valence-corrected chi connectivity index (χ4v) is 7.04. The minimum atomic E-state index is -1.93. The Morgan fingerprint density at radius 1 is 1.16 bits per heavy atom. The van der Waals surface area contributed by atoms with Crippen molar-refractivity contribution in [2.75, 3.05) is 6.61 Å². The summed E-state index contributed by atoms with van der Waals surface area (Å²) in [5, 5.41) is 0.117. The summed E-state index contributed by atoms with van der Waals surface area (Å²) < 4.78 is 31.3. The van der Waals surface area contributed by atoms with E-state index in [1.165, 1.54) is 13.3 Å². The minimum absolute atomic E-state index is 0.0168. The molecule has 0 aromatic heterocycles. The van der Waals surface area contributed by atoms with E-state index < -0.39 is 14.6 Å². The van der Waals surface area contributed by atoms with Crippen LogP contribution in [0, 0.1) is 17.3 Å². The quantitative estimate of drug-likeness (QED) is 0.442. The SMILES string of the molecule is CC(=O)OC1C[C@H](B2OC3CC4CC(C4(C)C)[C@]3(C)O2)[C@@H](CO[Si](C)(C)C(C)(C)C)O1. The molecule has 5 aliphatic rings. The molecule has 6 nitrogen and oxygen atoms in total. The summed E-state index contributed by atoms with van der Waals surface area (Å²) in [4.78, 5) is 11.6. The van der Waals surface area contributed by atoms with Crippen molar-refractivity contribution >= 4 is 21.4 Å². The number of esters is 1. The number of hydrogen-bond acceptors (Lipinski definition) is 6. The first kappa shape index (κ1) is 23.7. The molecule has 3 saturated carbocycles. The summed E-state index contributed by atoms with van der Waals surface area (Å²) in [6.07, 6.45) is 2.21. The molecule has 2 saturated heterocycles. The zero-order valence-corrected chi connectivity index (χ0v) is 21.8. The molecule has 5 fully saturated rings. The molecule has 0 aromatic carbocycles. The van der Waals surface area contributed by atoms with Crippen molar-refractivity contribution in [3.05, 3.63) is 0 Å². The summed E-state index contributed by atoms with van der Waals surface area (Å²) in [6.45, 7) is 20.1. The number of rotatable bonds is 5. The molecule has 0 aromatic rings. The topological polar surface area (TPSA) is 63.2 Å². The first-order valence-electron chi connectivity index (χ1n) is 11.9. The zero-order chi connectivity index (χ0) is 23.0. The van der Waals surface area contributed by atoms with Gasteiger partial charge in [0.15, 0.2) is 8.32 Å². The average molecular weight is 452 g/mol. The molecule has 4 unspecified atom stereocenters. The van der Waals surface area contributed by atoms with Crippen LogP contribution in [0.15, 0.2) is 0 Å². The molecule has 2 aliphatic heterocycles. The maximum Gasteiger partial charge on any atom is 0.463 e. The van der Waals surface area contributed by atoms with Crippen molar-refractivity contribution < 1.29 is 28.0 Å². The number of carbonyl (C=O) groups is 1. The van der Waals surface area contributed by atoms with Gasteiger partial charge < -0.3 is 23.2 Å². The molecule has 5 rings (SSSR count). The van der Waals surface area contributed by atoms with Gasteiger partial charge in [-0.15, -0.1) is 0 Å². The molecule has 0 amide bonds. The highest BCUT2D eigenvalue weighted by molar-refractivity contribution is 6.74. The number of ether oxygens (including phenoxy) is 2. The highest BCUT2D eigenvalue weighted by atomic mass is 28.4. The maximum absolute atomic E-state index is 11.6. The third kappa shape index (κ3) is 3.94. The monoisotopic (exact) mass is 452 g/mol. The lowest BCUT2D eigenvalue weighted by atomic mass is 9.43. The predicted molar refractivity (Wildman–Crippen MR) is 122 cm³/mol. The molecular weight excluding hydrogens is 411 g/mol. The van der Waals surface area contributed by atoms with Gasteiger partial charge in [0, 0.05) is 19.2 Å². The second-order valence-electron chi connectivity index (χ2n) is 12.5. The van der Waals surface area contributed by atoms with Crippen LogP contribution in [0.3, 0.4) is 0 Å². The fourth-order valence-electron chi connectivity index (χ4n) is 6.03. The Balaban J connectivity index is 1.49. The molecule has 31 heavy (non-hydrogen) atoms. The summed E-state index contributed by atoms with van der Waals surface area (Å²) >= 11 is 0. The lowest BCUT2D eigenvalue weighted by Crippen LogP contribution is -2.65. The van der Waals surface area contributed by atoms with E-state index in [1.54, 1.807) is 0 Å². The van der Waals surface area contributed by atoms with E-state index in [4.69, 9.17) is 23.2 Å². The normalized spacial score (nSPS) is 41.6. The van der Waals surface area contributed by atoms with E-state index in [0.29, 0.717) is 30.3 Å². The van der Waals surface area contributed by atoms with Crippen molar-refractivity contribution in [2.24, 2.45) is 17.3 Å². The van der Waals surface area contributed by atoms with Gasteiger partial charge >= 0.3 is 13.1 Å². The molecular formula is C23H41BO6Si. The smallest absolute Gasteiger partial charge is 0.436 e. The van der Waals surface area contributed by atoms with Crippen molar-refractivity contribution in [1.82, 2.24) is 0 Å². The Labute approximate surface area is 189 Å². The lowest BCUT2D eigenvalue weighted by Gasteiger charge is -2.64. The van der Waals surface area contributed by atoms with Gasteiger partial charge in [0.05, 0.1) is 24.4 Å². The summed E-state index contributed by atoms with van der Waals surface area (Å²) in [7, 11) is -2.28. The lowest BCUT2D eigenvalue weighted by molar-refractivity contribution is -0.199. The molecule has 2 bridgehead atoms. The van der Waals surface area contributed by atoms with Crippen LogP contribution >= 0.6 is 0 Å². The molecule has 3 aliphatic carbocycles. The maximum atomic E-state index is 11.6. The van der Waals surface area contributed by atoms with Crippen molar-refractivity contribution in [1.29, 1.82) is 0 Å². The summed E-state index contributed by atoms with van der Waals surface area (Å²) in [6, 6.07) is 0. The van der Waals surface area contributed by atoms with Gasteiger partial charge in [0.25, 0.3) is 0 Å². The van der Waals surface area contributed by atoms with Gasteiger partial charge in [0.1, 0.15) is 0 Å². The highest BCUT2D eigenvalue weighted by Gasteiger charge is 2.69. The van der Waals surface area contributed by atoms with Crippen LogP contribution in [-0.4, -0.2) is 52.1 Å². The molecule has 7 atom stereocenters. The Bertz CT molecular complexity index is 721.